The van der Waals surface area contributed by atoms with Crippen molar-refractivity contribution in [3.63, 3.8) is 0 Å². The number of hydrogen-bond acceptors (Lipinski definition) is 5. The van der Waals surface area contributed by atoms with Gasteiger partial charge in [0, 0.05) is 17.8 Å². The Morgan fingerprint density at radius 3 is 2.30 bits per heavy atom. The number of nitrogens with one attached hydrogen (secondary N) is 1. The number of rotatable bonds is 9. The van der Waals surface area contributed by atoms with E-state index < -0.39 is 0 Å². The molecule has 168 valence electrons. The van der Waals surface area contributed by atoms with Gasteiger partial charge < -0.3 is 10.1 Å². The van der Waals surface area contributed by atoms with Crippen LogP contribution >= 0.6 is 11.8 Å². The van der Waals surface area contributed by atoms with Gasteiger partial charge in [0.2, 0.25) is 5.91 Å². The first kappa shape index (κ1) is 22.6. The first-order chi connectivity index (χ1) is 16.1. The highest BCUT2D eigenvalue weighted by atomic mass is 32.2. The summed E-state index contributed by atoms with van der Waals surface area (Å²) in [6.07, 6.45) is 0.631. The van der Waals surface area contributed by atoms with Crippen LogP contribution in [-0.2, 0) is 11.2 Å². The molecule has 0 aliphatic heterocycles. The molecule has 7 heteroatoms. The van der Waals surface area contributed by atoms with Crippen molar-refractivity contribution < 1.29 is 9.53 Å². The van der Waals surface area contributed by atoms with Crippen molar-refractivity contribution in [1.82, 2.24) is 14.8 Å². The fourth-order valence-corrected chi connectivity index (χ4v) is 4.25. The molecule has 1 N–H and O–H groups in total. The van der Waals surface area contributed by atoms with Crippen LogP contribution in [-0.4, -0.2) is 32.5 Å². The predicted molar refractivity (Wildman–Crippen MR) is 132 cm³/mol. The van der Waals surface area contributed by atoms with Crippen LogP contribution in [0.3, 0.4) is 0 Å². The molecule has 0 bridgehead atoms. The zero-order chi connectivity index (χ0) is 23.0. The normalized spacial score (nSPS) is 11.7. The summed E-state index contributed by atoms with van der Waals surface area (Å²) in [6.45, 7) is 4.44. The zero-order valence-corrected chi connectivity index (χ0v) is 19.5. The largest absolute Gasteiger partial charge is 0.494 e. The molecule has 1 atom stereocenters. The Balaban J connectivity index is 1.60. The van der Waals surface area contributed by atoms with Crippen LogP contribution in [0.1, 0.15) is 25.2 Å². The van der Waals surface area contributed by atoms with Crippen LogP contribution in [0.5, 0.6) is 5.75 Å². The summed E-state index contributed by atoms with van der Waals surface area (Å²) < 4.78 is 7.60. The van der Waals surface area contributed by atoms with Crippen LogP contribution in [0.4, 0.5) is 5.69 Å². The standard InChI is InChI=1S/C26H26N4O2S/c1-3-32-23-16-14-22(15-17-23)30-24(18-20-10-6-4-7-11-20)28-29-26(30)33-19(2)25(31)27-21-12-8-5-9-13-21/h4-17,19H,3,18H2,1-2H3,(H,27,31). The molecular formula is C26H26N4O2S. The van der Waals surface area contributed by atoms with Crippen LogP contribution in [0.25, 0.3) is 5.69 Å². The van der Waals surface area contributed by atoms with Crippen molar-refractivity contribution in [2.24, 2.45) is 0 Å². The van der Waals surface area contributed by atoms with Crippen LogP contribution in [0.15, 0.2) is 90.1 Å². The van der Waals surface area contributed by atoms with Gasteiger partial charge >= 0.3 is 0 Å². The maximum Gasteiger partial charge on any atom is 0.237 e. The van der Waals surface area contributed by atoms with Gasteiger partial charge in [0.25, 0.3) is 0 Å². The molecule has 0 fully saturated rings. The van der Waals surface area contributed by atoms with E-state index in [4.69, 9.17) is 4.74 Å². The number of para-hydroxylation sites is 1. The highest BCUT2D eigenvalue weighted by molar-refractivity contribution is 8.00. The Bertz CT molecular complexity index is 1180. The van der Waals surface area contributed by atoms with Crippen molar-refractivity contribution in [3.05, 3.63) is 96.3 Å². The highest BCUT2D eigenvalue weighted by Gasteiger charge is 2.21. The number of ether oxygens (including phenoxy) is 1. The number of nitrogens with zero attached hydrogens (tertiary/aromatic N) is 3. The summed E-state index contributed by atoms with van der Waals surface area (Å²) in [4.78, 5) is 12.8. The molecular weight excluding hydrogens is 432 g/mol. The molecule has 0 saturated heterocycles. The van der Waals surface area contributed by atoms with E-state index in [1.165, 1.54) is 11.8 Å². The number of anilines is 1. The third-order valence-corrected chi connectivity index (χ3v) is 6.05. The fourth-order valence-electron chi connectivity index (χ4n) is 3.36. The Labute approximate surface area is 198 Å². The Morgan fingerprint density at radius 1 is 0.970 bits per heavy atom. The first-order valence-electron chi connectivity index (χ1n) is 10.9. The highest BCUT2D eigenvalue weighted by Crippen LogP contribution is 2.28. The Kier molecular flexibility index (Phi) is 7.42. The Hall–Kier alpha value is -3.58. The SMILES string of the molecule is CCOc1ccc(-n2c(Cc3ccccc3)nnc2SC(C)C(=O)Nc2ccccc2)cc1. The monoisotopic (exact) mass is 458 g/mol. The van der Waals surface area contributed by atoms with Crippen LogP contribution in [0, 0.1) is 0 Å². The minimum Gasteiger partial charge on any atom is -0.494 e. The fraction of sp³-hybridized carbons (Fsp3) is 0.192. The van der Waals surface area contributed by atoms with Crippen LogP contribution in [0.2, 0.25) is 0 Å². The molecule has 0 aliphatic carbocycles. The van der Waals surface area contributed by atoms with E-state index in [-0.39, 0.29) is 11.2 Å². The second-order valence-electron chi connectivity index (χ2n) is 7.44. The Morgan fingerprint density at radius 2 is 1.64 bits per heavy atom. The van der Waals surface area contributed by atoms with Gasteiger partial charge in [-0.05, 0) is 55.8 Å². The molecule has 1 unspecified atom stereocenters. The topological polar surface area (TPSA) is 69.0 Å². The van der Waals surface area contributed by atoms with Gasteiger partial charge in [-0.1, -0.05) is 60.3 Å². The van der Waals surface area contributed by atoms with Gasteiger partial charge in [0.1, 0.15) is 11.6 Å². The minimum atomic E-state index is -0.361. The average Bonchev–Trinajstić information content (AvgIpc) is 3.22. The minimum absolute atomic E-state index is 0.0861. The lowest BCUT2D eigenvalue weighted by molar-refractivity contribution is -0.115. The van der Waals surface area contributed by atoms with E-state index in [1.807, 2.05) is 91.2 Å². The van der Waals surface area contributed by atoms with Gasteiger partial charge in [0.15, 0.2) is 5.16 Å². The van der Waals surface area contributed by atoms with Crippen molar-refractivity contribution in [2.45, 2.75) is 30.7 Å². The number of carbonyl (C=O) groups is 1. The summed E-state index contributed by atoms with van der Waals surface area (Å²) in [6, 6.07) is 27.5. The third-order valence-electron chi connectivity index (χ3n) is 5.00. The average molecular weight is 459 g/mol. The second-order valence-corrected chi connectivity index (χ2v) is 8.75. The number of hydrogen-bond donors (Lipinski definition) is 1. The van der Waals surface area contributed by atoms with Gasteiger partial charge in [0.05, 0.1) is 11.9 Å². The lowest BCUT2D eigenvalue weighted by Crippen LogP contribution is -2.22. The number of carbonyl (C=O) groups excluding carboxylic acids is 1. The molecule has 0 spiro atoms. The second kappa shape index (κ2) is 10.8. The molecule has 4 aromatic rings. The van der Waals surface area contributed by atoms with Crippen molar-refractivity contribution in [2.75, 3.05) is 11.9 Å². The van der Waals surface area contributed by atoms with E-state index in [9.17, 15) is 4.79 Å². The van der Waals surface area contributed by atoms with Gasteiger partial charge in [-0.15, -0.1) is 10.2 Å². The van der Waals surface area contributed by atoms with Crippen molar-refractivity contribution in [3.8, 4) is 11.4 Å². The number of amides is 1. The van der Waals surface area contributed by atoms with E-state index in [1.54, 1.807) is 0 Å². The van der Waals surface area contributed by atoms with Gasteiger partial charge in [-0.3, -0.25) is 9.36 Å². The summed E-state index contributed by atoms with van der Waals surface area (Å²) in [5.74, 6) is 1.53. The predicted octanol–water partition coefficient (Wildman–Crippen LogP) is 5.38. The first-order valence-corrected chi connectivity index (χ1v) is 11.8. The van der Waals surface area contributed by atoms with E-state index in [2.05, 4.69) is 27.6 Å². The van der Waals surface area contributed by atoms with Gasteiger partial charge in [-0.2, -0.15) is 0 Å². The van der Waals surface area contributed by atoms with Crippen molar-refractivity contribution >= 4 is 23.4 Å². The smallest absolute Gasteiger partial charge is 0.237 e. The molecule has 1 amide bonds. The van der Waals surface area contributed by atoms with Crippen LogP contribution < -0.4 is 10.1 Å². The quantitative estimate of drug-likeness (QED) is 0.341. The van der Waals surface area contributed by atoms with Gasteiger partial charge in [-0.25, -0.2) is 0 Å². The zero-order valence-electron chi connectivity index (χ0n) is 18.6. The van der Waals surface area contributed by atoms with E-state index >= 15 is 0 Å². The lowest BCUT2D eigenvalue weighted by atomic mass is 10.1. The molecule has 1 aromatic heterocycles. The number of benzene rings is 3. The maximum absolute atomic E-state index is 12.8. The molecule has 4 rings (SSSR count). The molecule has 3 aromatic carbocycles. The lowest BCUT2D eigenvalue weighted by Gasteiger charge is -2.14. The third kappa shape index (κ3) is 5.81. The van der Waals surface area contributed by atoms with E-state index in [0.717, 1.165) is 28.5 Å². The molecule has 0 radical (unpaired) electrons. The summed E-state index contributed by atoms with van der Waals surface area (Å²) in [5.41, 5.74) is 2.84. The number of aromatic nitrogens is 3. The summed E-state index contributed by atoms with van der Waals surface area (Å²) in [7, 11) is 0. The molecule has 1 heterocycles. The molecule has 33 heavy (non-hydrogen) atoms. The molecule has 0 saturated carbocycles. The molecule has 6 nitrogen and oxygen atoms in total. The van der Waals surface area contributed by atoms with E-state index in [0.29, 0.717) is 18.2 Å². The summed E-state index contributed by atoms with van der Waals surface area (Å²) in [5, 5.41) is 12.2. The summed E-state index contributed by atoms with van der Waals surface area (Å²) >= 11 is 1.38. The number of thioether (sulfide) groups is 1. The van der Waals surface area contributed by atoms with Crippen molar-refractivity contribution in [1.29, 1.82) is 0 Å². The maximum atomic E-state index is 12.8. The molecule has 0 aliphatic rings.